The molecule has 0 saturated carbocycles. The van der Waals surface area contributed by atoms with E-state index in [2.05, 4.69) is 11.1 Å². The number of carbonyl (C=O) groups excluding carboxylic acids is 1. The summed E-state index contributed by atoms with van der Waals surface area (Å²) in [5.41, 5.74) is 1.04. The van der Waals surface area contributed by atoms with E-state index in [0.717, 1.165) is 6.26 Å². The zero-order chi connectivity index (χ0) is 22.9. The lowest BCUT2D eigenvalue weighted by molar-refractivity contribution is 0.0751. The molecule has 1 amide bonds. The third kappa shape index (κ3) is 4.48. The minimum atomic E-state index is -3.63. The molecule has 0 N–H and O–H groups in total. The molecule has 32 heavy (non-hydrogen) atoms. The Morgan fingerprint density at radius 1 is 1.16 bits per heavy atom. The summed E-state index contributed by atoms with van der Waals surface area (Å²) < 4.78 is 24.9. The molecular formula is C22H19ClN4O3S2. The molecular weight excluding hydrogens is 468 g/mol. The number of nitrogens with zero attached hydrogens (tertiary/aromatic N) is 4. The fraction of sp³-hybridized carbons (Fsp3) is 0.227. The van der Waals surface area contributed by atoms with Crippen LogP contribution in [0.1, 0.15) is 15.2 Å². The van der Waals surface area contributed by atoms with Crippen molar-refractivity contribution in [2.45, 2.75) is 4.90 Å². The number of nitriles is 1. The molecule has 2 aromatic heterocycles. The van der Waals surface area contributed by atoms with Crippen LogP contribution >= 0.6 is 22.9 Å². The third-order valence-corrected chi connectivity index (χ3v) is 7.42. The van der Waals surface area contributed by atoms with E-state index >= 15 is 0 Å². The smallest absolute Gasteiger partial charge is 0.264 e. The number of pyridine rings is 1. The molecule has 1 fully saturated rings. The maximum Gasteiger partial charge on any atom is 0.264 e. The second-order valence-corrected chi connectivity index (χ2v) is 10.7. The monoisotopic (exact) mass is 486 g/mol. The van der Waals surface area contributed by atoms with E-state index in [1.54, 1.807) is 35.2 Å². The highest BCUT2D eigenvalue weighted by atomic mass is 35.5. The number of hydrogen-bond donors (Lipinski definition) is 0. The molecule has 0 radical (unpaired) electrons. The molecule has 7 nitrogen and oxygen atoms in total. The Morgan fingerprint density at radius 2 is 1.84 bits per heavy atom. The Balaban J connectivity index is 1.68. The Kier molecular flexibility index (Phi) is 6.20. The van der Waals surface area contributed by atoms with Crippen LogP contribution in [0, 0.1) is 11.3 Å². The highest BCUT2D eigenvalue weighted by molar-refractivity contribution is 7.90. The summed E-state index contributed by atoms with van der Waals surface area (Å²) in [7, 11) is -3.63. The average Bonchev–Trinajstić information content (AvgIpc) is 3.33. The van der Waals surface area contributed by atoms with Gasteiger partial charge in [-0.25, -0.2) is 13.4 Å². The second kappa shape index (κ2) is 8.90. The van der Waals surface area contributed by atoms with Crippen molar-refractivity contribution < 1.29 is 13.2 Å². The SMILES string of the molecule is CS(=O)(=O)c1cc(C#N)c(N2CCN(C(=O)c3cccs3)CC2)nc1-c1ccc(Cl)cc1. The van der Waals surface area contributed by atoms with Gasteiger partial charge in [0.25, 0.3) is 5.91 Å². The first-order valence-corrected chi connectivity index (χ1v) is 12.9. The third-order valence-electron chi connectivity index (χ3n) is 5.20. The minimum Gasteiger partial charge on any atom is -0.352 e. The van der Waals surface area contributed by atoms with E-state index in [-0.39, 0.29) is 22.1 Å². The summed E-state index contributed by atoms with van der Waals surface area (Å²) in [5, 5.41) is 12.1. The number of anilines is 1. The van der Waals surface area contributed by atoms with Crippen molar-refractivity contribution in [3.05, 3.63) is 63.3 Å². The van der Waals surface area contributed by atoms with Gasteiger partial charge in [-0.3, -0.25) is 4.79 Å². The van der Waals surface area contributed by atoms with Gasteiger partial charge < -0.3 is 9.80 Å². The van der Waals surface area contributed by atoms with Gasteiger partial charge in [-0.05, 0) is 29.6 Å². The predicted octanol–water partition coefficient (Wildman–Crippen LogP) is 3.70. The molecule has 10 heteroatoms. The molecule has 0 bridgehead atoms. The highest BCUT2D eigenvalue weighted by Gasteiger charge is 2.27. The lowest BCUT2D eigenvalue weighted by Gasteiger charge is -2.35. The van der Waals surface area contributed by atoms with Crippen LogP contribution in [-0.4, -0.2) is 56.6 Å². The number of amides is 1. The molecule has 0 aliphatic carbocycles. The van der Waals surface area contributed by atoms with E-state index in [1.807, 2.05) is 16.3 Å². The summed E-state index contributed by atoms with van der Waals surface area (Å²) >= 11 is 7.39. The Morgan fingerprint density at radius 3 is 2.41 bits per heavy atom. The molecule has 4 rings (SSSR count). The van der Waals surface area contributed by atoms with Gasteiger partial charge in [0.2, 0.25) is 0 Å². The van der Waals surface area contributed by atoms with Crippen molar-refractivity contribution in [2.75, 3.05) is 37.3 Å². The number of halogens is 1. The maximum atomic E-state index is 12.6. The molecule has 3 heterocycles. The highest BCUT2D eigenvalue weighted by Crippen LogP contribution is 2.32. The summed E-state index contributed by atoms with van der Waals surface area (Å²) in [4.78, 5) is 21.6. The number of aromatic nitrogens is 1. The van der Waals surface area contributed by atoms with Crippen LogP contribution in [0.25, 0.3) is 11.3 Å². The van der Waals surface area contributed by atoms with E-state index in [4.69, 9.17) is 11.6 Å². The van der Waals surface area contributed by atoms with E-state index in [0.29, 0.717) is 47.5 Å². The number of sulfone groups is 1. The maximum absolute atomic E-state index is 12.6. The Labute approximate surface area is 195 Å². The number of piperazine rings is 1. The number of carbonyl (C=O) groups is 1. The molecule has 1 aliphatic rings. The fourth-order valence-electron chi connectivity index (χ4n) is 3.58. The van der Waals surface area contributed by atoms with Crippen molar-refractivity contribution in [3.8, 4) is 17.3 Å². The summed E-state index contributed by atoms with van der Waals surface area (Å²) in [6, 6.07) is 13.8. The quantitative estimate of drug-likeness (QED) is 0.558. The van der Waals surface area contributed by atoms with Gasteiger partial charge in [0.05, 0.1) is 21.0 Å². The second-order valence-electron chi connectivity index (χ2n) is 7.35. The minimum absolute atomic E-state index is 0.00775. The standard InChI is InChI=1S/C22H19ClN4O3S2/c1-32(29,30)19-13-16(14-24)21(25-20(19)15-4-6-17(23)7-5-15)26-8-10-27(11-9-26)22(28)18-3-2-12-31-18/h2-7,12-13H,8-11H2,1H3. The Bertz CT molecular complexity index is 1290. The van der Waals surface area contributed by atoms with Crippen LogP contribution in [0.4, 0.5) is 5.82 Å². The average molecular weight is 487 g/mol. The van der Waals surface area contributed by atoms with E-state index < -0.39 is 9.84 Å². The van der Waals surface area contributed by atoms with Crippen molar-refractivity contribution >= 4 is 44.5 Å². The van der Waals surface area contributed by atoms with Crippen LogP contribution in [0.15, 0.2) is 52.7 Å². The fourth-order valence-corrected chi connectivity index (χ4v) is 5.25. The van der Waals surface area contributed by atoms with Gasteiger partial charge in [0.1, 0.15) is 11.9 Å². The van der Waals surface area contributed by atoms with Gasteiger partial charge in [0, 0.05) is 43.0 Å². The zero-order valence-corrected chi connectivity index (χ0v) is 19.5. The van der Waals surface area contributed by atoms with Gasteiger partial charge >= 0.3 is 0 Å². The number of benzene rings is 1. The van der Waals surface area contributed by atoms with E-state index in [1.165, 1.54) is 17.4 Å². The topological polar surface area (TPSA) is 94.4 Å². The van der Waals surface area contributed by atoms with Crippen LogP contribution in [0.2, 0.25) is 5.02 Å². The van der Waals surface area contributed by atoms with Crippen molar-refractivity contribution in [1.29, 1.82) is 5.26 Å². The zero-order valence-electron chi connectivity index (χ0n) is 17.2. The van der Waals surface area contributed by atoms with Crippen molar-refractivity contribution in [1.82, 2.24) is 9.88 Å². The summed E-state index contributed by atoms with van der Waals surface area (Å²) in [6.45, 7) is 1.93. The van der Waals surface area contributed by atoms with Crippen LogP contribution in [0.5, 0.6) is 0 Å². The molecule has 0 unspecified atom stereocenters. The van der Waals surface area contributed by atoms with Gasteiger partial charge in [-0.15, -0.1) is 11.3 Å². The summed E-state index contributed by atoms with van der Waals surface area (Å²) in [5.74, 6) is 0.399. The normalized spacial score (nSPS) is 14.3. The summed E-state index contributed by atoms with van der Waals surface area (Å²) in [6.07, 6.45) is 1.10. The molecule has 0 atom stereocenters. The van der Waals surface area contributed by atoms with Gasteiger partial charge in [-0.1, -0.05) is 29.8 Å². The lowest BCUT2D eigenvalue weighted by atomic mass is 10.1. The molecule has 0 spiro atoms. The van der Waals surface area contributed by atoms with Gasteiger partial charge in [-0.2, -0.15) is 5.26 Å². The molecule has 1 saturated heterocycles. The molecule has 1 aliphatic heterocycles. The first-order valence-electron chi connectivity index (χ1n) is 9.77. The van der Waals surface area contributed by atoms with Crippen LogP contribution in [0.3, 0.4) is 0 Å². The predicted molar refractivity (Wildman–Crippen MR) is 125 cm³/mol. The van der Waals surface area contributed by atoms with E-state index in [9.17, 15) is 18.5 Å². The van der Waals surface area contributed by atoms with Crippen molar-refractivity contribution in [3.63, 3.8) is 0 Å². The Hall–Kier alpha value is -2.93. The first-order chi connectivity index (χ1) is 15.3. The van der Waals surface area contributed by atoms with Crippen LogP contribution < -0.4 is 4.90 Å². The first kappa shape index (κ1) is 22.3. The number of thiophene rings is 1. The molecule has 164 valence electrons. The number of hydrogen-bond acceptors (Lipinski definition) is 7. The molecule has 1 aromatic carbocycles. The van der Waals surface area contributed by atoms with Crippen LogP contribution in [-0.2, 0) is 9.84 Å². The van der Waals surface area contributed by atoms with Gasteiger partial charge in [0.15, 0.2) is 9.84 Å². The number of rotatable bonds is 4. The lowest BCUT2D eigenvalue weighted by Crippen LogP contribution is -2.49. The molecule has 3 aromatic rings. The van der Waals surface area contributed by atoms with Crippen molar-refractivity contribution in [2.24, 2.45) is 0 Å². The largest absolute Gasteiger partial charge is 0.352 e.